The number of fused-ring (bicyclic) bond motifs is 5. The number of rotatable bonds is 3. The zero-order valence-electron chi connectivity index (χ0n) is 14.9. The molecule has 2 aliphatic carbocycles. The van der Waals surface area contributed by atoms with Crippen molar-refractivity contribution in [3.63, 3.8) is 0 Å². The van der Waals surface area contributed by atoms with Crippen molar-refractivity contribution in [2.45, 2.75) is 6.42 Å². The van der Waals surface area contributed by atoms with Crippen molar-refractivity contribution in [2.75, 3.05) is 37.6 Å². The molecular formula is C19H21N5O3. The van der Waals surface area contributed by atoms with Crippen molar-refractivity contribution in [1.29, 1.82) is 0 Å². The maximum Gasteiger partial charge on any atom is 0.242 e. The van der Waals surface area contributed by atoms with E-state index in [4.69, 9.17) is 0 Å². The second-order valence-corrected chi connectivity index (χ2v) is 7.68. The predicted octanol–water partition coefficient (Wildman–Crippen LogP) is -0.0677. The lowest BCUT2D eigenvalue weighted by atomic mass is 9.85. The molecule has 1 aromatic rings. The zero-order chi connectivity index (χ0) is 18.5. The van der Waals surface area contributed by atoms with Gasteiger partial charge in [0.2, 0.25) is 23.7 Å². The van der Waals surface area contributed by atoms with Crippen molar-refractivity contribution >= 4 is 23.7 Å². The molecule has 1 aromatic heterocycles. The summed E-state index contributed by atoms with van der Waals surface area (Å²) in [4.78, 5) is 51.6. The molecule has 2 bridgehead atoms. The first-order valence-corrected chi connectivity index (χ1v) is 9.47. The summed E-state index contributed by atoms with van der Waals surface area (Å²) in [5.41, 5.74) is 0. The van der Waals surface area contributed by atoms with Crippen LogP contribution in [-0.2, 0) is 14.4 Å². The Morgan fingerprint density at radius 1 is 0.963 bits per heavy atom. The summed E-state index contributed by atoms with van der Waals surface area (Å²) < 4.78 is 0. The average molecular weight is 367 g/mol. The molecule has 8 heteroatoms. The van der Waals surface area contributed by atoms with Gasteiger partial charge in [-0.1, -0.05) is 12.2 Å². The molecule has 0 aromatic carbocycles. The third kappa shape index (κ3) is 2.54. The lowest BCUT2D eigenvalue weighted by Gasteiger charge is -2.35. The summed E-state index contributed by atoms with van der Waals surface area (Å²) in [6.45, 7) is 2.21. The number of piperazine rings is 1. The molecule has 1 saturated carbocycles. The van der Waals surface area contributed by atoms with Crippen LogP contribution in [0.5, 0.6) is 0 Å². The number of hydrogen-bond donors (Lipinski definition) is 0. The highest BCUT2D eigenvalue weighted by atomic mass is 16.2. The summed E-state index contributed by atoms with van der Waals surface area (Å²) in [5, 5.41) is 0. The molecule has 0 spiro atoms. The van der Waals surface area contributed by atoms with Crippen LogP contribution in [0.2, 0.25) is 0 Å². The lowest BCUT2D eigenvalue weighted by Crippen LogP contribution is -2.52. The smallest absolute Gasteiger partial charge is 0.242 e. The third-order valence-electron chi connectivity index (χ3n) is 6.32. The Balaban J connectivity index is 1.21. The number of amides is 3. The second-order valence-electron chi connectivity index (χ2n) is 7.68. The van der Waals surface area contributed by atoms with E-state index in [0.29, 0.717) is 32.1 Å². The van der Waals surface area contributed by atoms with Crippen LogP contribution in [0.4, 0.5) is 5.95 Å². The number of anilines is 1. The maximum atomic E-state index is 12.7. The molecule has 27 heavy (non-hydrogen) atoms. The largest absolute Gasteiger partial charge is 0.338 e. The molecule has 2 saturated heterocycles. The highest BCUT2D eigenvalue weighted by molar-refractivity contribution is 6.08. The molecule has 3 amide bonds. The second kappa shape index (κ2) is 6.14. The molecule has 0 N–H and O–H groups in total. The van der Waals surface area contributed by atoms with Gasteiger partial charge in [-0.15, -0.1) is 0 Å². The van der Waals surface area contributed by atoms with Gasteiger partial charge in [0, 0.05) is 38.6 Å². The molecule has 2 aliphatic heterocycles. The monoisotopic (exact) mass is 367 g/mol. The molecule has 0 unspecified atom stereocenters. The SMILES string of the molecule is O=C(CN1C(=O)[C@H]2[C@H](C1=O)[C@H]1C=C[C@H]2C1)N1CCN(c2ncccn2)CC1. The van der Waals surface area contributed by atoms with Crippen molar-refractivity contribution in [3.05, 3.63) is 30.6 Å². The summed E-state index contributed by atoms with van der Waals surface area (Å²) in [6.07, 6.45) is 8.42. The number of imide groups is 1. The molecule has 0 radical (unpaired) electrons. The number of carbonyl (C=O) groups excluding carboxylic acids is 3. The van der Waals surface area contributed by atoms with Crippen LogP contribution in [0, 0.1) is 23.7 Å². The number of likely N-dealkylation sites (tertiary alicyclic amines) is 1. The van der Waals surface area contributed by atoms with Crippen LogP contribution in [0.25, 0.3) is 0 Å². The minimum Gasteiger partial charge on any atom is -0.338 e. The highest BCUT2D eigenvalue weighted by Crippen LogP contribution is 2.52. The highest BCUT2D eigenvalue weighted by Gasteiger charge is 2.59. The van der Waals surface area contributed by atoms with Gasteiger partial charge in [-0.3, -0.25) is 19.3 Å². The fraction of sp³-hybridized carbons (Fsp3) is 0.526. The van der Waals surface area contributed by atoms with Crippen molar-refractivity contribution in [1.82, 2.24) is 19.8 Å². The standard InChI is InChI=1S/C19H21N5O3/c25-14(22-6-8-23(9-7-22)19-20-4-1-5-21-19)11-24-17(26)15-12-2-3-13(10-12)16(15)18(24)27/h1-5,12-13,15-16H,6-11H2/t12-,13-,15+,16+/m0/s1. The molecule has 4 atom stereocenters. The number of aromatic nitrogens is 2. The normalized spacial score (nSPS) is 31.8. The van der Waals surface area contributed by atoms with Gasteiger partial charge < -0.3 is 9.80 Å². The van der Waals surface area contributed by atoms with E-state index in [1.807, 2.05) is 4.90 Å². The van der Waals surface area contributed by atoms with Crippen molar-refractivity contribution < 1.29 is 14.4 Å². The first-order chi connectivity index (χ1) is 13.1. The van der Waals surface area contributed by atoms with E-state index in [2.05, 4.69) is 22.1 Å². The van der Waals surface area contributed by atoms with Crippen LogP contribution in [0.1, 0.15) is 6.42 Å². The van der Waals surface area contributed by atoms with Gasteiger partial charge in [0.05, 0.1) is 11.8 Å². The van der Waals surface area contributed by atoms with Crippen LogP contribution in [0.3, 0.4) is 0 Å². The lowest BCUT2D eigenvalue weighted by molar-refractivity contribution is -0.147. The number of allylic oxidation sites excluding steroid dienone is 2. The fourth-order valence-electron chi connectivity index (χ4n) is 4.97. The Kier molecular flexibility index (Phi) is 3.73. The van der Waals surface area contributed by atoms with Gasteiger partial charge in [0.1, 0.15) is 6.54 Å². The molecular weight excluding hydrogens is 346 g/mol. The fourth-order valence-corrected chi connectivity index (χ4v) is 4.97. The van der Waals surface area contributed by atoms with E-state index in [1.54, 1.807) is 23.4 Å². The van der Waals surface area contributed by atoms with E-state index < -0.39 is 0 Å². The van der Waals surface area contributed by atoms with Crippen LogP contribution in [0.15, 0.2) is 30.6 Å². The molecule has 3 heterocycles. The van der Waals surface area contributed by atoms with Gasteiger partial charge in [-0.2, -0.15) is 0 Å². The molecule has 140 valence electrons. The van der Waals surface area contributed by atoms with Gasteiger partial charge in [0.15, 0.2) is 0 Å². The van der Waals surface area contributed by atoms with Crippen molar-refractivity contribution in [3.8, 4) is 0 Å². The Hall–Kier alpha value is -2.77. The minimum atomic E-state index is -0.243. The number of hydrogen-bond acceptors (Lipinski definition) is 6. The quantitative estimate of drug-likeness (QED) is 0.549. The average Bonchev–Trinajstić information content (AvgIpc) is 3.39. The Bertz CT molecular complexity index is 788. The molecule has 5 rings (SSSR count). The third-order valence-corrected chi connectivity index (χ3v) is 6.32. The van der Waals surface area contributed by atoms with Gasteiger partial charge >= 0.3 is 0 Å². The van der Waals surface area contributed by atoms with Gasteiger partial charge in [-0.05, 0) is 24.3 Å². The first kappa shape index (κ1) is 16.4. The molecule has 3 fully saturated rings. The predicted molar refractivity (Wildman–Crippen MR) is 95.3 cm³/mol. The number of nitrogens with zero attached hydrogens (tertiary/aromatic N) is 5. The number of carbonyl (C=O) groups is 3. The first-order valence-electron chi connectivity index (χ1n) is 9.47. The summed E-state index contributed by atoms with van der Waals surface area (Å²) in [5.74, 6) is 0.0330. The topological polar surface area (TPSA) is 86.7 Å². The molecule has 4 aliphatic rings. The van der Waals surface area contributed by atoms with Crippen LogP contribution < -0.4 is 4.90 Å². The van der Waals surface area contributed by atoms with E-state index >= 15 is 0 Å². The van der Waals surface area contributed by atoms with Crippen molar-refractivity contribution in [2.24, 2.45) is 23.7 Å². The van der Waals surface area contributed by atoms with E-state index in [-0.39, 0.29) is 47.9 Å². The Morgan fingerprint density at radius 2 is 1.56 bits per heavy atom. The zero-order valence-corrected chi connectivity index (χ0v) is 14.9. The maximum absolute atomic E-state index is 12.7. The Labute approximate surface area is 156 Å². The van der Waals surface area contributed by atoms with Crippen LogP contribution in [-0.4, -0.2) is 70.2 Å². The minimum absolute atomic E-state index is 0.133. The van der Waals surface area contributed by atoms with Gasteiger partial charge in [0.25, 0.3) is 0 Å². The molecule has 8 nitrogen and oxygen atoms in total. The van der Waals surface area contributed by atoms with E-state index in [0.717, 1.165) is 6.42 Å². The summed E-state index contributed by atoms with van der Waals surface area (Å²) >= 11 is 0. The van der Waals surface area contributed by atoms with Crippen LogP contribution >= 0.6 is 0 Å². The van der Waals surface area contributed by atoms with Gasteiger partial charge in [-0.25, -0.2) is 9.97 Å². The summed E-state index contributed by atoms with van der Waals surface area (Å²) in [6, 6.07) is 1.77. The van der Waals surface area contributed by atoms with E-state index in [9.17, 15) is 14.4 Å². The van der Waals surface area contributed by atoms with E-state index in [1.165, 1.54) is 4.90 Å². The summed E-state index contributed by atoms with van der Waals surface area (Å²) in [7, 11) is 0. The Morgan fingerprint density at radius 3 is 2.15 bits per heavy atom.